The van der Waals surface area contributed by atoms with Gasteiger partial charge in [0, 0.05) is 19.0 Å². The van der Waals surface area contributed by atoms with Gasteiger partial charge in [-0.15, -0.1) is 24.0 Å². The van der Waals surface area contributed by atoms with Gasteiger partial charge in [0.15, 0.2) is 5.96 Å². The van der Waals surface area contributed by atoms with Gasteiger partial charge in [-0.25, -0.2) is 4.98 Å². The van der Waals surface area contributed by atoms with Gasteiger partial charge in [0.2, 0.25) is 5.89 Å². The molecule has 0 aliphatic carbocycles. The molecule has 0 aromatic carbocycles. The lowest BCUT2D eigenvalue weighted by Gasteiger charge is -2.13. The Hall–Kier alpha value is -0.790. The Morgan fingerprint density at radius 2 is 2.00 bits per heavy atom. The number of oxazole rings is 1. The Bertz CT molecular complexity index is 449. The Kier molecular flexibility index (Phi) is 9.71. The summed E-state index contributed by atoms with van der Waals surface area (Å²) in [5, 5.41) is 6.52. The molecular weight excluding hydrogens is 391 g/mol. The van der Waals surface area contributed by atoms with E-state index in [4.69, 9.17) is 4.42 Å². The number of halogens is 1. The number of hydrogen-bond donors (Lipinski definition) is 2. The molecule has 5 nitrogen and oxygen atoms in total. The van der Waals surface area contributed by atoms with Gasteiger partial charge in [0.05, 0.1) is 12.7 Å². The third-order valence-electron chi connectivity index (χ3n) is 3.17. The number of aliphatic imine (C=N–C) groups is 1. The molecule has 0 unspecified atom stereocenters. The molecule has 0 aliphatic rings. The average Bonchev–Trinajstić information content (AvgIpc) is 2.86. The van der Waals surface area contributed by atoms with E-state index in [9.17, 15) is 0 Å². The molecule has 0 spiro atoms. The first-order valence-corrected chi connectivity index (χ1v) is 7.72. The number of aromatic nitrogens is 1. The second-order valence-corrected chi connectivity index (χ2v) is 6.76. The summed E-state index contributed by atoms with van der Waals surface area (Å²) in [5.74, 6) is 3.11. The summed E-state index contributed by atoms with van der Waals surface area (Å²) >= 11 is 0. The molecule has 0 saturated carbocycles. The zero-order valence-corrected chi connectivity index (χ0v) is 17.0. The fourth-order valence-electron chi connectivity index (χ4n) is 1.84. The van der Waals surface area contributed by atoms with Gasteiger partial charge in [-0.05, 0) is 18.8 Å². The van der Waals surface area contributed by atoms with E-state index in [-0.39, 0.29) is 29.4 Å². The van der Waals surface area contributed by atoms with E-state index in [0.717, 1.165) is 30.6 Å². The van der Waals surface area contributed by atoms with Crippen molar-refractivity contribution in [2.24, 2.45) is 10.9 Å². The van der Waals surface area contributed by atoms with Crippen LogP contribution < -0.4 is 10.6 Å². The third-order valence-corrected chi connectivity index (χ3v) is 3.17. The molecule has 6 heteroatoms. The number of nitrogens with one attached hydrogen (secondary N) is 2. The molecular formula is C16H31IN4O. The van der Waals surface area contributed by atoms with Crippen LogP contribution in [0.3, 0.4) is 0 Å². The van der Waals surface area contributed by atoms with E-state index >= 15 is 0 Å². The molecule has 1 heterocycles. The number of guanidine groups is 1. The molecule has 0 aliphatic heterocycles. The maximum Gasteiger partial charge on any atom is 0.213 e. The Morgan fingerprint density at radius 1 is 1.32 bits per heavy atom. The van der Waals surface area contributed by atoms with Crippen molar-refractivity contribution in [3.63, 3.8) is 0 Å². The zero-order valence-electron chi connectivity index (χ0n) is 14.7. The fourth-order valence-corrected chi connectivity index (χ4v) is 1.84. The second kappa shape index (κ2) is 10.1. The van der Waals surface area contributed by atoms with Gasteiger partial charge in [0.1, 0.15) is 5.76 Å². The highest BCUT2D eigenvalue weighted by Crippen LogP contribution is 2.22. The van der Waals surface area contributed by atoms with Crippen LogP contribution in [0, 0.1) is 5.92 Å². The van der Waals surface area contributed by atoms with Crippen LogP contribution in [0.4, 0.5) is 0 Å². The van der Waals surface area contributed by atoms with E-state index in [2.05, 4.69) is 55.2 Å². The van der Waals surface area contributed by atoms with Crippen LogP contribution in [0.2, 0.25) is 0 Å². The van der Waals surface area contributed by atoms with Crippen molar-refractivity contribution >= 4 is 29.9 Å². The monoisotopic (exact) mass is 422 g/mol. The topological polar surface area (TPSA) is 62.5 Å². The minimum atomic E-state index is -0.0119. The van der Waals surface area contributed by atoms with Crippen LogP contribution in [0.25, 0.3) is 0 Å². The third kappa shape index (κ3) is 8.00. The minimum absolute atomic E-state index is 0. The van der Waals surface area contributed by atoms with E-state index in [1.165, 1.54) is 6.42 Å². The fraction of sp³-hybridized carbons (Fsp3) is 0.750. The number of nitrogens with zero attached hydrogens (tertiary/aromatic N) is 2. The van der Waals surface area contributed by atoms with Crippen molar-refractivity contribution in [1.82, 2.24) is 15.6 Å². The molecule has 1 rings (SSSR count). The van der Waals surface area contributed by atoms with Crippen LogP contribution >= 0.6 is 24.0 Å². The van der Waals surface area contributed by atoms with Crippen LogP contribution in [-0.4, -0.2) is 24.5 Å². The Labute approximate surface area is 151 Å². The summed E-state index contributed by atoms with van der Waals surface area (Å²) in [6.45, 7) is 12.3. The highest BCUT2D eigenvalue weighted by atomic mass is 127. The highest BCUT2D eigenvalue weighted by Gasteiger charge is 2.19. The van der Waals surface area contributed by atoms with Gasteiger partial charge in [-0.3, -0.25) is 4.99 Å². The van der Waals surface area contributed by atoms with E-state index in [0.29, 0.717) is 12.4 Å². The predicted octanol–water partition coefficient (Wildman–Crippen LogP) is 3.69. The lowest BCUT2D eigenvalue weighted by Crippen LogP contribution is -2.37. The van der Waals surface area contributed by atoms with Crippen molar-refractivity contribution in [1.29, 1.82) is 0 Å². The summed E-state index contributed by atoms with van der Waals surface area (Å²) < 4.78 is 5.74. The van der Waals surface area contributed by atoms with Gasteiger partial charge in [0.25, 0.3) is 0 Å². The van der Waals surface area contributed by atoms with Crippen molar-refractivity contribution < 1.29 is 4.42 Å². The van der Waals surface area contributed by atoms with E-state index in [1.54, 1.807) is 13.2 Å². The molecule has 128 valence electrons. The van der Waals surface area contributed by atoms with E-state index < -0.39 is 0 Å². The molecule has 22 heavy (non-hydrogen) atoms. The molecule has 0 radical (unpaired) electrons. The summed E-state index contributed by atoms with van der Waals surface area (Å²) in [6.07, 6.45) is 4.17. The zero-order chi connectivity index (χ0) is 15.9. The Balaban J connectivity index is 0.00000441. The molecule has 0 fully saturated rings. The Morgan fingerprint density at radius 3 is 2.50 bits per heavy atom. The quantitative estimate of drug-likeness (QED) is 0.318. The smallest absolute Gasteiger partial charge is 0.213 e. The summed E-state index contributed by atoms with van der Waals surface area (Å²) in [4.78, 5) is 8.50. The first-order chi connectivity index (χ1) is 9.82. The lowest BCUT2D eigenvalue weighted by atomic mass is 9.94. The summed E-state index contributed by atoms with van der Waals surface area (Å²) in [7, 11) is 1.77. The second-order valence-electron chi connectivity index (χ2n) is 6.76. The summed E-state index contributed by atoms with van der Waals surface area (Å²) in [6, 6.07) is 0. The predicted molar refractivity (Wildman–Crippen MR) is 103 cm³/mol. The normalized spacial score (nSPS) is 12.2. The SMILES string of the molecule is CN=C(NCCCC(C)C)NCc1ncc(C(C)(C)C)o1.I. The highest BCUT2D eigenvalue weighted by molar-refractivity contribution is 14.0. The minimum Gasteiger partial charge on any atom is -0.443 e. The lowest BCUT2D eigenvalue weighted by molar-refractivity contribution is 0.379. The van der Waals surface area contributed by atoms with Crippen molar-refractivity contribution in [2.45, 2.75) is 59.4 Å². The van der Waals surface area contributed by atoms with Crippen LogP contribution in [0.15, 0.2) is 15.6 Å². The molecule has 2 N–H and O–H groups in total. The van der Waals surface area contributed by atoms with Crippen LogP contribution in [0.5, 0.6) is 0 Å². The van der Waals surface area contributed by atoms with Gasteiger partial charge in [-0.1, -0.05) is 34.6 Å². The average molecular weight is 422 g/mol. The number of rotatable bonds is 6. The summed E-state index contributed by atoms with van der Waals surface area (Å²) in [5.41, 5.74) is -0.0119. The maximum atomic E-state index is 5.74. The van der Waals surface area contributed by atoms with Gasteiger partial charge in [-0.2, -0.15) is 0 Å². The van der Waals surface area contributed by atoms with E-state index in [1.807, 2.05) is 0 Å². The molecule has 0 amide bonds. The standard InChI is InChI=1S/C16H30N4O.HI/c1-12(2)8-7-9-18-15(17-6)20-11-14-19-10-13(21-14)16(3,4)5;/h10,12H,7-9,11H2,1-6H3,(H2,17,18,20);1H. The van der Waals surface area contributed by atoms with Gasteiger partial charge >= 0.3 is 0 Å². The van der Waals surface area contributed by atoms with Crippen molar-refractivity contribution in [2.75, 3.05) is 13.6 Å². The van der Waals surface area contributed by atoms with Crippen molar-refractivity contribution in [3.05, 3.63) is 17.8 Å². The molecule has 1 aromatic heterocycles. The van der Waals surface area contributed by atoms with Gasteiger partial charge < -0.3 is 15.1 Å². The van der Waals surface area contributed by atoms with Crippen molar-refractivity contribution in [3.8, 4) is 0 Å². The number of hydrogen-bond acceptors (Lipinski definition) is 3. The molecule has 0 atom stereocenters. The first-order valence-electron chi connectivity index (χ1n) is 7.72. The molecule has 0 bridgehead atoms. The first kappa shape index (κ1) is 21.2. The molecule has 0 saturated heterocycles. The molecule has 1 aromatic rings. The largest absolute Gasteiger partial charge is 0.443 e. The van der Waals surface area contributed by atoms with Crippen LogP contribution in [0.1, 0.15) is 59.1 Å². The van der Waals surface area contributed by atoms with Crippen LogP contribution in [-0.2, 0) is 12.0 Å². The maximum absolute atomic E-state index is 5.74.